The summed E-state index contributed by atoms with van der Waals surface area (Å²) in [7, 11) is 5.92. The first-order valence-corrected chi connectivity index (χ1v) is 10.9. The fourth-order valence-electron chi connectivity index (χ4n) is 4.29. The van der Waals surface area contributed by atoms with Gasteiger partial charge in [0.05, 0.1) is 40.1 Å². The molecule has 36 heavy (non-hydrogen) atoms. The number of anilines is 1. The highest BCUT2D eigenvalue weighted by Crippen LogP contribution is 2.47. The second-order valence-electron chi connectivity index (χ2n) is 8.11. The van der Waals surface area contributed by atoms with Gasteiger partial charge in [0.2, 0.25) is 5.75 Å². The van der Waals surface area contributed by atoms with Crippen LogP contribution in [0.15, 0.2) is 46.5 Å². The number of amides is 1. The highest BCUT2D eigenvalue weighted by atomic mass is 16.5. The molecule has 0 aliphatic carbocycles. The Bertz CT molecular complexity index is 1350. The van der Waals surface area contributed by atoms with Crippen LogP contribution in [0.25, 0.3) is 5.76 Å². The molecule has 1 aliphatic rings. The number of methoxy groups -OCH3 is 4. The van der Waals surface area contributed by atoms with Crippen LogP contribution in [0.3, 0.4) is 0 Å². The molecule has 0 bridgehead atoms. The molecule has 4 rings (SSSR count). The minimum Gasteiger partial charge on any atom is -0.507 e. The smallest absolute Gasteiger partial charge is 0.301 e. The Morgan fingerprint density at radius 1 is 0.917 bits per heavy atom. The van der Waals surface area contributed by atoms with Gasteiger partial charge in [0.1, 0.15) is 17.3 Å². The summed E-state index contributed by atoms with van der Waals surface area (Å²) in [6.45, 7) is 3.48. The van der Waals surface area contributed by atoms with Crippen LogP contribution in [0.5, 0.6) is 23.0 Å². The topological polar surface area (TPSA) is 121 Å². The lowest BCUT2D eigenvalue weighted by atomic mass is 9.94. The molecule has 0 saturated carbocycles. The van der Waals surface area contributed by atoms with Crippen LogP contribution in [-0.4, -0.2) is 50.4 Å². The van der Waals surface area contributed by atoms with E-state index in [-0.39, 0.29) is 17.2 Å². The lowest BCUT2D eigenvalue weighted by Gasteiger charge is -2.24. The maximum Gasteiger partial charge on any atom is 0.301 e. The van der Waals surface area contributed by atoms with Crippen molar-refractivity contribution < 1.29 is 38.2 Å². The number of aliphatic hydroxyl groups is 1. The minimum atomic E-state index is -1.06. The molecule has 0 spiro atoms. The molecule has 188 valence electrons. The molecule has 10 nitrogen and oxygen atoms in total. The van der Waals surface area contributed by atoms with Gasteiger partial charge in [-0.2, -0.15) is 0 Å². The van der Waals surface area contributed by atoms with E-state index < -0.39 is 17.7 Å². The number of rotatable bonds is 7. The summed E-state index contributed by atoms with van der Waals surface area (Å²) in [5.41, 5.74) is 1.39. The van der Waals surface area contributed by atoms with E-state index in [0.29, 0.717) is 39.9 Å². The Kier molecular flexibility index (Phi) is 6.61. The zero-order valence-electron chi connectivity index (χ0n) is 20.7. The summed E-state index contributed by atoms with van der Waals surface area (Å²) < 4.78 is 26.8. The number of Topliss-reactive ketones (excluding diaryl/α,β-unsaturated/α-hetero) is 1. The average Bonchev–Trinajstić information content (AvgIpc) is 3.42. The van der Waals surface area contributed by atoms with Crippen LogP contribution in [-0.2, 0) is 9.59 Å². The lowest BCUT2D eigenvalue weighted by molar-refractivity contribution is -0.132. The van der Waals surface area contributed by atoms with Gasteiger partial charge in [-0.3, -0.25) is 14.5 Å². The number of aromatic nitrogens is 1. The molecule has 10 heteroatoms. The Hall–Kier alpha value is -4.47. The summed E-state index contributed by atoms with van der Waals surface area (Å²) in [6, 6.07) is 8.67. The van der Waals surface area contributed by atoms with Gasteiger partial charge in [-0.1, -0.05) is 5.16 Å². The number of carbonyl (C=O) groups excluding carboxylic acids is 2. The van der Waals surface area contributed by atoms with E-state index in [1.54, 1.807) is 37.3 Å². The molecule has 0 radical (unpaired) electrons. The van der Waals surface area contributed by atoms with Gasteiger partial charge in [0.25, 0.3) is 5.78 Å². The number of ketones is 1. The van der Waals surface area contributed by atoms with Gasteiger partial charge in [0, 0.05) is 11.6 Å². The number of benzene rings is 2. The van der Waals surface area contributed by atoms with E-state index in [1.807, 2.05) is 6.92 Å². The van der Waals surface area contributed by atoms with Crippen LogP contribution < -0.4 is 23.8 Å². The zero-order valence-corrected chi connectivity index (χ0v) is 20.7. The third-order valence-electron chi connectivity index (χ3n) is 5.98. The van der Waals surface area contributed by atoms with Crippen molar-refractivity contribution in [3.8, 4) is 23.0 Å². The highest BCUT2D eigenvalue weighted by molar-refractivity contribution is 6.51. The van der Waals surface area contributed by atoms with Gasteiger partial charge >= 0.3 is 5.91 Å². The second-order valence-corrected chi connectivity index (χ2v) is 8.11. The number of nitrogens with zero attached hydrogens (tertiary/aromatic N) is 2. The summed E-state index contributed by atoms with van der Waals surface area (Å²) >= 11 is 0. The Morgan fingerprint density at radius 3 is 2.06 bits per heavy atom. The molecular weight excluding hydrogens is 468 g/mol. The van der Waals surface area contributed by atoms with E-state index in [9.17, 15) is 14.7 Å². The van der Waals surface area contributed by atoms with E-state index >= 15 is 0 Å². The fraction of sp³-hybridized carbons (Fsp3) is 0.269. The summed E-state index contributed by atoms with van der Waals surface area (Å²) in [4.78, 5) is 27.8. The monoisotopic (exact) mass is 494 g/mol. The Morgan fingerprint density at radius 2 is 1.56 bits per heavy atom. The third kappa shape index (κ3) is 4.00. The predicted molar refractivity (Wildman–Crippen MR) is 130 cm³/mol. The van der Waals surface area contributed by atoms with Crippen LogP contribution in [0, 0.1) is 13.8 Å². The lowest BCUT2D eigenvalue weighted by Crippen LogP contribution is -2.29. The van der Waals surface area contributed by atoms with Crippen molar-refractivity contribution >= 4 is 23.3 Å². The van der Waals surface area contributed by atoms with E-state index in [2.05, 4.69) is 5.16 Å². The average molecular weight is 495 g/mol. The molecule has 1 saturated heterocycles. The van der Waals surface area contributed by atoms with Gasteiger partial charge in [-0.25, -0.2) is 0 Å². The van der Waals surface area contributed by atoms with Crippen molar-refractivity contribution in [3.05, 3.63) is 64.4 Å². The normalized spacial score (nSPS) is 16.8. The van der Waals surface area contributed by atoms with Crippen molar-refractivity contribution in [3.63, 3.8) is 0 Å². The van der Waals surface area contributed by atoms with Crippen LogP contribution in [0.1, 0.15) is 28.5 Å². The number of hydrogen-bond acceptors (Lipinski definition) is 9. The first-order valence-electron chi connectivity index (χ1n) is 10.9. The highest BCUT2D eigenvalue weighted by Gasteiger charge is 2.48. The van der Waals surface area contributed by atoms with Crippen LogP contribution >= 0.6 is 0 Å². The summed E-state index contributed by atoms with van der Waals surface area (Å²) in [6.07, 6.45) is 0. The number of ether oxygens (including phenoxy) is 4. The molecule has 1 unspecified atom stereocenters. The molecule has 2 heterocycles. The van der Waals surface area contributed by atoms with Crippen molar-refractivity contribution in [1.29, 1.82) is 0 Å². The molecule has 1 N–H and O–H groups in total. The maximum absolute atomic E-state index is 13.4. The largest absolute Gasteiger partial charge is 0.507 e. The second kappa shape index (κ2) is 9.65. The molecule has 1 aromatic heterocycles. The standard InChI is InChI=1S/C26H26N2O8/c1-13-9-15(7-8-17(13)32-3)23(29)21-22(16-11-18(33-4)25(35-6)19(12-16)34-5)28(26(31)24(21)30)20-10-14(2)36-27-20/h7-12,22,29H,1-6H3. The van der Waals surface area contributed by atoms with Gasteiger partial charge in [0.15, 0.2) is 17.3 Å². The van der Waals surface area contributed by atoms with E-state index in [4.69, 9.17) is 23.5 Å². The zero-order chi connectivity index (χ0) is 26.1. The fourth-order valence-corrected chi connectivity index (χ4v) is 4.29. The van der Waals surface area contributed by atoms with E-state index in [1.165, 1.54) is 39.4 Å². The number of aryl methyl sites for hydroxylation is 2. The number of carbonyl (C=O) groups is 2. The summed E-state index contributed by atoms with van der Waals surface area (Å²) in [5.74, 6) is 0.0626. The van der Waals surface area contributed by atoms with Crippen LogP contribution in [0.4, 0.5) is 5.82 Å². The molecule has 1 amide bonds. The van der Waals surface area contributed by atoms with Crippen molar-refractivity contribution in [1.82, 2.24) is 5.16 Å². The Balaban J connectivity index is 2.00. The quantitative estimate of drug-likeness (QED) is 0.296. The molecule has 1 atom stereocenters. The number of aliphatic hydroxyl groups excluding tert-OH is 1. The predicted octanol–water partition coefficient (Wildman–Crippen LogP) is 3.95. The SMILES string of the molecule is COc1ccc(C(O)=C2C(=O)C(=O)N(c3cc(C)on3)C2c2cc(OC)c(OC)c(OC)c2)cc1C. The molecule has 2 aromatic carbocycles. The van der Waals surface area contributed by atoms with Crippen molar-refractivity contribution in [2.24, 2.45) is 0 Å². The molecule has 1 fully saturated rings. The van der Waals surface area contributed by atoms with E-state index in [0.717, 1.165) is 5.56 Å². The molecule has 1 aliphatic heterocycles. The molecular formula is C26H26N2O8. The first-order chi connectivity index (χ1) is 17.2. The van der Waals surface area contributed by atoms with Crippen molar-refractivity contribution in [2.45, 2.75) is 19.9 Å². The van der Waals surface area contributed by atoms with Crippen molar-refractivity contribution in [2.75, 3.05) is 33.3 Å². The minimum absolute atomic E-state index is 0.123. The van der Waals surface area contributed by atoms with Crippen LogP contribution in [0.2, 0.25) is 0 Å². The maximum atomic E-state index is 13.4. The number of hydrogen-bond donors (Lipinski definition) is 1. The van der Waals surface area contributed by atoms with Gasteiger partial charge < -0.3 is 28.6 Å². The third-order valence-corrected chi connectivity index (χ3v) is 5.98. The van der Waals surface area contributed by atoms with Gasteiger partial charge in [-0.15, -0.1) is 0 Å². The Labute approximate surface area is 207 Å². The molecule has 3 aromatic rings. The first kappa shape index (κ1) is 24.6. The van der Waals surface area contributed by atoms with Gasteiger partial charge in [-0.05, 0) is 55.3 Å². The summed E-state index contributed by atoms with van der Waals surface area (Å²) in [5, 5.41) is 15.3.